The molecule has 0 spiro atoms. The van der Waals surface area contributed by atoms with Gasteiger partial charge in [-0.05, 0) is 37.7 Å². The Labute approximate surface area is 168 Å². The lowest BCUT2D eigenvalue weighted by Gasteiger charge is -2.38. The Kier molecular flexibility index (Phi) is 5.92. The fourth-order valence-corrected chi connectivity index (χ4v) is 3.93. The maximum atomic E-state index is 14.7. The second kappa shape index (κ2) is 8.19. The highest BCUT2D eigenvalue weighted by Crippen LogP contribution is 2.37. The van der Waals surface area contributed by atoms with Gasteiger partial charge in [-0.15, -0.1) is 0 Å². The average Bonchev–Trinajstić information content (AvgIpc) is 2.65. The first kappa shape index (κ1) is 19.5. The zero-order valence-electron chi connectivity index (χ0n) is 15.1. The van der Waals surface area contributed by atoms with Crippen molar-refractivity contribution in [3.05, 3.63) is 81.8 Å². The highest BCUT2D eigenvalue weighted by Gasteiger charge is 2.36. The normalized spacial score (nSPS) is 17.1. The maximum absolute atomic E-state index is 14.7. The van der Waals surface area contributed by atoms with E-state index in [0.29, 0.717) is 22.8 Å². The van der Waals surface area contributed by atoms with E-state index >= 15 is 0 Å². The van der Waals surface area contributed by atoms with E-state index in [1.807, 2.05) is 24.8 Å². The van der Waals surface area contributed by atoms with Gasteiger partial charge in [0.1, 0.15) is 5.82 Å². The number of Topliss-reactive ketones (excluding diaryl/α,β-unsaturated/α-hetero) is 1. The molecular formula is C21H20ClFN2OS. The number of carbonyl (C=O) groups is 1. The second-order valence-corrected chi connectivity index (χ2v) is 7.16. The van der Waals surface area contributed by atoms with Crippen LogP contribution in [0.3, 0.4) is 0 Å². The predicted molar refractivity (Wildman–Crippen MR) is 110 cm³/mol. The molecule has 0 amide bonds. The number of hydrogen-bond donors (Lipinski definition) is 1. The maximum Gasteiger partial charge on any atom is 0.193 e. The third-order valence-electron chi connectivity index (χ3n) is 4.61. The molecule has 6 heteroatoms. The van der Waals surface area contributed by atoms with Crippen LogP contribution in [0, 0.1) is 5.82 Å². The number of nitrogens with one attached hydrogen (secondary N) is 1. The molecule has 0 fully saturated rings. The summed E-state index contributed by atoms with van der Waals surface area (Å²) in [5.74, 6) is -0.647. The molecule has 3 rings (SSSR count). The summed E-state index contributed by atoms with van der Waals surface area (Å²) in [6.07, 6.45) is 0.858. The molecule has 27 heavy (non-hydrogen) atoms. The van der Waals surface area contributed by atoms with Crippen LogP contribution in [0.25, 0.3) is 0 Å². The van der Waals surface area contributed by atoms with E-state index in [-0.39, 0.29) is 16.4 Å². The number of nitrogens with zero attached hydrogens (tertiary/aromatic N) is 1. The molecule has 1 aliphatic heterocycles. The summed E-state index contributed by atoms with van der Waals surface area (Å²) in [5.41, 5.74) is 1.95. The molecule has 0 bridgehead atoms. The van der Waals surface area contributed by atoms with Gasteiger partial charge in [-0.3, -0.25) is 4.79 Å². The molecule has 1 N–H and O–H groups in total. The van der Waals surface area contributed by atoms with E-state index in [9.17, 15) is 9.18 Å². The minimum Gasteiger partial charge on any atom is -0.351 e. The zero-order valence-corrected chi connectivity index (χ0v) is 16.7. The third-order valence-corrected chi connectivity index (χ3v) is 5.28. The van der Waals surface area contributed by atoms with Gasteiger partial charge in [0.05, 0.1) is 6.04 Å². The summed E-state index contributed by atoms with van der Waals surface area (Å²) in [6, 6.07) is 12.7. The van der Waals surface area contributed by atoms with E-state index in [0.717, 1.165) is 12.1 Å². The molecule has 2 aromatic carbocycles. The van der Waals surface area contributed by atoms with Crippen LogP contribution in [0.5, 0.6) is 0 Å². The van der Waals surface area contributed by atoms with E-state index in [2.05, 4.69) is 5.32 Å². The fourth-order valence-electron chi connectivity index (χ4n) is 3.32. The van der Waals surface area contributed by atoms with E-state index < -0.39 is 11.9 Å². The van der Waals surface area contributed by atoms with Crippen molar-refractivity contribution in [1.29, 1.82) is 0 Å². The van der Waals surface area contributed by atoms with Crippen molar-refractivity contribution in [2.75, 3.05) is 6.54 Å². The number of hydrogen-bond acceptors (Lipinski definition) is 2. The molecule has 3 nitrogen and oxygen atoms in total. The monoisotopic (exact) mass is 402 g/mol. The van der Waals surface area contributed by atoms with Gasteiger partial charge in [0.15, 0.2) is 10.9 Å². The van der Waals surface area contributed by atoms with Crippen molar-refractivity contribution in [2.45, 2.75) is 26.3 Å². The lowest BCUT2D eigenvalue weighted by molar-refractivity contribution is 0.102. The van der Waals surface area contributed by atoms with Gasteiger partial charge in [-0.25, -0.2) is 4.39 Å². The molecular weight excluding hydrogens is 383 g/mol. The number of ketones is 1. The summed E-state index contributed by atoms with van der Waals surface area (Å²) in [4.78, 5) is 15.2. The first-order valence-corrected chi connectivity index (χ1v) is 9.56. The molecule has 1 aliphatic rings. The molecule has 0 aromatic heterocycles. The van der Waals surface area contributed by atoms with Crippen molar-refractivity contribution in [2.24, 2.45) is 0 Å². The fraction of sp³-hybridized carbons (Fsp3) is 0.238. The summed E-state index contributed by atoms with van der Waals surface area (Å²) in [7, 11) is 0. The Balaban J connectivity index is 2.19. The van der Waals surface area contributed by atoms with Crippen molar-refractivity contribution in [3.63, 3.8) is 0 Å². The van der Waals surface area contributed by atoms with Crippen LogP contribution in [-0.4, -0.2) is 22.3 Å². The first-order valence-electron chi connectivity index (χ1n) is 8.78. The standard InChI is InChI=1S/C21H20ClFN2OS/c1-3-12-25-13(2)17(20(26)14-8-5-4-6-9-14)19(24-21(25)27)18-15(22)10-7-11-16(18)23/h4-11,19H,3,12H2,1-2H3,(H,24,27). The van der Waals surface area contributed by atoms with Gasteiger partial charge in [0.25, 0.3) is 0 Å². The molecule has 0 radical (unpaired) electrons. The van der Waals surface area contributed by atoms with E-state index in [1.165, 1.54) is 6.07 Å². The summed E-state index contributed by atoms with van der Waals surface area (Å²) in [6.45, 7) is 4.55. The lowest BCUT2D eigenvalue weighted by Crippen LogP contribution is -2.48. The molecule has 140 valence electrons. The SMILES string of the molecule is CCCN1C(=S)NC(c2c(F)cccc2Cl)C(C(=O)c2ccccc2)=C1C. The zero-order chi connectivity index (χ0) is 19.6. The highest BCUT2D eigenvalue weighted by atomic mass is 35.5. The van der Waals surface area contributed by atoms with Gasteiger partial charge in [-0.1, -0.05) is 54.9 Å². The largest absolute Gasteiger partial charge is 0.351 e. The van der Waals surface area contributed by atoms with Crippen LogP contribution in [0.15, 0.2) is 59.8 Å². The number of benzene rings is 2. The number of allylic oxidation sites excluding steroid dienone is 1. The minimum absolute atomic E-state index is 0.173. The second-order valence-electron chi connectivity index (χ2n) is 6.36. The Bertz CT molecular complexity index is 893. The Morgan fingerprint density at radius 3 is 2.56 bits per heavy atom. The summed E-state index contributed by atoms with van der Waals surface area (Å²) >= 11 is 11.8. The lowest BCUT2D eigenvalue weighted by atomic mass is 9.89. The molecule has 1 heterocycles. The Morgan fingerprint density at radius 2 is 1.93 bits per heavy atom. The van der Waals surface area contributed by atoms with Crippen molar-refractivity contribution in [3.8, 4) is 0 Å². The summed E-state index contributed by atoms with van der Waals surface area (Å²) < 4.78 is 14.7. The van der Waals surface area contributed by atoms with Crippen LogP contribution in [0.4, 0.5) is 4.39 Å². The van der Waals surface area contributed by atoms with Gasteiger partial charge in [0, 0.05) is 34.0 Å². The van der Waals surface area contributed by atoms with Crippen molar-refractivity contribution >= 4 is 34.7 Å². The van der Waals surface area contributed by atoms with Crippen LogP contribution in [0.2, 0.25) is 5.02 Å². The third kappa shape index (κ3) is 3.75. The van der Waals surface area contributed by atoms with Gasteiger partial charge in [0.2, 0.25) is 0 Å². The Morgan fingerprint density at radius 1 is 1.22 bits per heavy atom. The van der Waals surface area contributed by atoms with Crippen molar-refractivity contribution in [1.82, 2.24) is 10.2 Å². The average molecular weight is 403 g/mol. The van der Waals surface area contributed by atoms with Gasteiger partial charge >= 0.3 is 0 Å². The van der Waals surface area contributed by atoms with E-state index in [4.69, 9.17) is 23.8 Å². The topological polar surface area (TPSA) is 32.3 Å². The molecule has 2 aromatic rings. The van der Waals surface area contributed by atoms with Crippen LogP contribution < -0.4 is 5.32 Å². The van der Waals surface area contributed by atoms with Crippen LogP contribution >= 0.6 is 23.8 Å². The van der Waals surface area contributed by atoms with Crippen LogP contribution in [-0.2, 0) is 0 Å². The number of carbonyl (C=O) groups excluding carboxylic acids is 1. The molecule has 1 unspecified atom stereocenters. The molecule has 0 aliphatic carbocycles. The predicted octanol–water partition coefficient (Wildman–Crippen LogP) is 5.28. The first-order chi connectivity index (χ1) is 13.0. The smallest absolute Gasteiger partial charge is 0.193 e. The number of thiocarbonyl (C=S) groups is 1. The molecule has 1 atom stereocenters. The Hall–Kier alpha value is -2.24. The summed E-state index contributed by atoms with van der Waals surface area (Å²) in [5, 5.41) is 3.85. The molecule has 0 saturated carbocycles. The van der Waals surface area contributed by atoms with E-state index in [1.54, 1.807) is 36.4 Å². The van der Waals surface area contributed by atoms with Gasteiger partial charge < -0.3 is 10.2 Å². The number of rotatable bonds is 5. The molecule has 0 saturated heterocycles. The van der Waals surface area contributed by atoms with Gasteiger partial charge in [-0.2, -0.15) is 0 Å². The van der Waals surface area contributed by atoms with Crippen molar-refractivity contribution < 1.29 is 9.18 Å². The highest BCUT2D eigenvalue weighted by molar-refractivity contribution is 7.80. The quantitative estimate of drug-likeness (QED) is 0.545. The minimum atomic E-state index is -0.744. The number of halogens is 2. The van der Waals surface area contributed by atoms with Crippen LogP contribution in [0.1, 0.15) is 42.2 Å².